The van der Waals surface area contributed by atoms with Gasteiger partial charge >= 0.3 is 143 Å². The molecule has 4 saturated carbocycles. The summed E-state index contributed by atoms with van der Waals surface area (Å²) in [5, 5.41) is 0. The molecule has 0 unspecified atom stereocenters. The Hall–Kier alpha value is -1.13. The first kappa shape index (κ1) is 27.9. The van der Waals surface area contributed by atoms with Gasteiger partial charge in [0.05, 0.1) is 0 Å². The number of hydrogen-bond donors (Lipinski definition) is 0. The topological polar surface area (TPSA) is 40.6 Å². The van der Waals surface area contributed by atoms with Crippen LogP contribution in [0.15, 0.2) is 58.1 Å². The van der Waals surface area contributed by atoms with E-state index in [1.165, 1.54) is 44.1 Å². The van der Waals surface area contributed by atoms with Gasteiger partial charge in [-0.1, -0.05) is 71.3 Å². The summed E-state index contributed by atoms with van der Waals surface area (Å²) in [7, 11) is 0. The van der Waals surface area contributed by atoms with Gasteiger partial charge in [-0.15, -0.1) is 0 Å². The second kappa shape index (κ2) is 12.2. The summed E-state index contributed by atoms with van der Waals surface area (Å²) < 4.78 is 9.04. The Morgan fingerprint density at radius 2 is 1.31 bits per heavy atom. The molecule has 4 aliphatic carbocycles. The Labute approximate surface area is 239 Å². The van der Waals surface area contributed by atoms with E-state index in [-0.39, 0.29) is 23.3 Å². The van der Waals surface area contributed by atoms with Crippen LogP contribution in [0.4, 0.5) is 0 Å². The third-order valence-electron chi connectivity index (χ3n) is 7.78. The zero-order chi connectivity index (χ0) is 25.8. The molecule has 4 bridgehead atoms. The van der Waals surface area contributed by atoms with Gasteiger partial charge < -0.3 is 9.97 Å². The molecular weight excluding hydrogens is 637 g/mol. The molecule has 0 spiro atoms. The zero-order valence-electron chi connectivity index (χ0n) is 22.4. The molecule has 36 heavy (non-hydrogen) atoms. The second-order valence-corrected chi connectivity index (χ2v) is 14.3. The Kier molecular flexibility index (Phi) is 9.42. The van der Waals surface area contributed by atoms with Crippen LogP contribution in [-0.2, 0) is 23.3 Å². The van der Waals surface area contributed by atoms with Gasteiger partial charge in [0.1, 0.15) is 0 Å². The van der Waals surface area contributed by atoms with Gasteiger partial charge in [0.25, 0.3) is 0 Å². The molecule has 0 aliphatic heterocycles. The molecular formula is C31H40IMoN3. The van der Waals surface area contributed by atoms with Crippen molar-refractivity contribution >= 4 is 27.0 Å². The Balaban J connectivity index is 0.000000177. The molecule has 2 aromatic heterocycles. The fraction of sp³-hybridized carbons (Fsp3) is 0.516. The van der Waals surface area contributed by atoms with Crippen LogP contribution in [0, 0.1) is 42.2 Å². The van der Waals surface area contributed by atoms with E-state index >= 15 is 0 Å². The first-order valence-corrected chi connectivity index (χ1v) is 16.4. The van der Waals surface area contributed by atoms with E-state index in [9.17, 15) is 0 Å². The largest absolute Gasteiger partial charge is 0.665 e. The molecule has 0 saturated heterocycles. The molecule has 1 aromatic carbocycles. The smallest absolute Gasteiger partial charge is 0.0606 e. The quantitative estimate of drug-likeness (QED) is 0.210. The van der Waals surface area contributed by atoms with Gasteiger partial charge in [-0.3, -0.25) is 0 Å². The van der Waals surface area contributed by atoms with E-state index in [2.05, 4.69) is 81.1 Å². The summed E-state index contributed by atoms with van der Waals surface area (Å²) >= 11 is 1.84. The maximum Gasteiger partial charge on any atom is -0.0606 e. The minimum Gasteiger partial charge on any atom is -0.665 e. The third-order valence-corrected chi connectivity index (χ3v) is 11.3. The van der Waals surface area contributed by atoms with E-state index in [4.69, 9.17) is 3.50 Å². The summed E-state index contributed by atoms with van der Waals surface area (Å²) in [5.41, 5.74) is 5.34. The summed E-state index contributed by atoms with van der Waals surface area (Å²) in [6.07, 6.45) is 8.83. The molecule has 4 aliphatic rings. The van der Waals surface area contributed by atoms with Crippen molar-refractivity contribution in [3.8, 4) is 0 Å². The first-order chi connectivity index (χ1) is 17.1. The number of rotatable bonds is 3. The first-order valence-electron chi connectivity index (χ1n) is 13.2. The predicted octanol–water partition coefficient (Wildman–Crippen LogP) is 7.82. The molecule has 3 aromatic rings. The molecule has 0 radical (unpaired) electrons. The fourth-order valence-corrected chi connectivity index (χ4v) is 9.18. The molecule has 0 amide bonds. The Morgan fingerprint density at radius 3 is 1.69 bits per heavy atom. The van der Waals surface area contributed by atoms with Crippen molar-refractivity contribution in [3.05, 3.63) is 80.9 Å². The molecule has 192 valence electrons. The van der Waals surface area contributed by atoms with E-state index in [1.54, 1.807) is 0 Å². The normalized spacial score (nSPS) is 25.7. The summed E-state index contributed by atoms with van der Waals surface area (Å²) in [6.45, 7) is 10.7. The van der Waals surface area contributed by atoms with Crippen LogP contribution in [0.3, 0.4) is 0 Å². The van der Waals surface area contributed by atoms with Gasteiger partial charge in [0, 0.05) is 0 Å². The van der Waals surface area contributed by atoms with Gasteiger partial charge in [-0.05, 0) is 0 Å². The van der Waals surface area contributed by atoms with E-state index < -0.39 is 0 Å². The summed E-state index contributed by atoms with van der Waals surface area (Å²) in [5.74, 6) is 3.05. The minimum atomic E-state index is -0.353. The zero-order valence-corrected chi connectivity index (χ0v) is 26.5. The van der Waals surface area contributed by atoms with E-state index in [1.807, 2.05) is 45.0 Å². The average molecular weight is 678 g/mol. The Morgan fingerprint density at radius 1 is 0.806 bits per heavy atom. The van der Waals surface area contributed by atoms with Crippen LogP contribution in [0.25, 0.3) is 0 Å². The summed E-state index contributed by atoms with van der Waals surface area (Å²) in [4.78, 5) is 8.21. The van der Waals surface area contributed by atoms with Crippen LogP contribution in [0.2, 0.25) is 0 Å². The maximum atomic E-state index is 5.40. The summed E-state index contributed by atoms with van der Waals surface area (Å²) in [6, 6.07) is 18.9. The van der Waals surface area contributed by atoms with Crippen molar-refractivity contribution in [2.75, 3.05) is 0 Å². The maximum absolute atomic E-state index is 5.40. The number of benzene rings is 1. The number of halogens is 1. The van der Waals surface area contributed by atoms with Crippen molar-refractivity contribution in [2.24, 2.45) is 21.2 Å². The van der Waals surface area contributed by atoms with Crippen LogP contribution >= 0.6 is 22.6 Å². The SMILES string of the molecule is CC(C)([CH]=[Mo+2]=[N]C12CC3CC(CC(C3)C1)C2)c1ccccc1.Cc1ccc(C)[n-]1.Cc1ccc(I)[n-]1. The van der Waals surface area contributed by atoms with E-state index in [0.717, 1.165) is 38.5 Å². The Bertz CT molecular complexity index is 1080. The monoisotopic (exact) mass is 679 g/mol. The molecule has 7 rings (SSSR count). The van der Waals surface area contributed by atoms with Crippen molar-refractivity contribution in [2.45, 2.75) is 84.1 Å². The van der Waals surface area contributed by atoms with Crippen molar-refractivity contribution in [3.63, 3.8) is 0 Å². The molecule has 0 N–H and O–H groups in total. The molecule has 5 heteroatoms. The molecule has 3 nitrogen and oxygen atoms in total. The van der Waals surface area contributed by atoms with Crippen molar-refractivity contribution < 1.29 is 17.9 Å². The van der Waals surface area contributed by atoms with Crippen LogP contribution in [0.1, 0.15) is 75.0 Å². The van der Waals surface area contributed by atoms with Crippen LogP contribution in [-0.4, -0.2) is 9.94 Å². The third kappa shape index (κ3) is 7.69. The number of aryl methyl sites for hydroxylation is 3. The van der Waals surface area contributed by atoms with Crippen LogP contribution in [0.5, 0.6) is 0 Å². The van der Waals surface area contributed by atoms with E-state index in [0.29, 0.717) is 5.54 Å². The molecule has 4 fully saturated rings. The molecule has 2 heterocycles. The fourth-order valence-electron chi connectivity index (χ4n) is 6.41. The van der Waals surface area contributed by atoms with Crippen molar-refractivity contribution in [1.82, 2.24) is 9.97 Å². The van der Waals surface area contributed by atoms with Crippen molar-refractivity contribution in [1.29, 1.82) is 0 Å². The predicted molar refractivity (Wildman–Crippen MR) is 155 cm³/mol. The number of aromatic nitrogens is 2. The minimum absolute atomic E-state index is 0.176. The van der Waals surface area contributed by atoms with Gasteiger partial charge in [-0.25, -0.2) is 0 Å². The second-order valence-electron chi connectivity index (χ2n) is 11.7. The van der Waals surface area contributed by atoms with Crippen LogP contribution < -0.4 is 9.97 Å². The van der Waals surface area contributed by atoms with Gasteiger partial charge in [-0.2, -0.15) is 17.1 Å². The van der Waals surface area contributed by atoms with Gasteiger partial charge in [0.2, 0.25) is 0 Å². The standard InChI is InChI=1S/C10H15N.C10H12.C6H8N.C5H5IN.Mo/c11-10-4-7-1-8(5-10)3-9(2-7)6-10;1-10(2,3)9-7-5-4-6-8-9;1-5-3-4-6(2)7-5;1-4-2-3-5(6)7-4;/h7-9H,1-6H2;1,4-8H,2-3H3;3-4H,1-2H3;2-3H,1H3;/q;;2*-1;+2. The van der Waals surface area contributed by atoms with Gasteiger partial charge in [0.15, 0.2) is 0 Å². The number of hydrogen-bond acceptors (Lipinski definition) is 1. The molecule has 0 atom stereocenters. The average Bonchev–Trinajstić information content (AvgIpc) is 3.39. The number of nitrogens with zero attached hydrogens (tertiary/aromatic N) is 3.